The molecule has 0 aromatic heterocycles. The smallest absolute Gasteiger partial charge is 0.372 e. The first kappa shape index (κ1) is 29.0. The first-order chi connectivity index (χ1) is 17.9. The van der Waals surface area contributed by atoms with Crippen LogP contribution in [0, 0.1) is 20.2 Å². The predicted octanol–water partition coefficient (Wildman–Crippen LogP) is 2.20. The van der Waals surface area contributed by atoms with Crippen molar-refractivity contribution in [2.75, 3.05) is 34.2 Å². The number of likely N-dealkylation sites (N-methyl/N-ethyl adjacent to an activating group) is 1. The van der Waals surface area contributed by atoms with Crippen molar-refractivity contribution in [1.82, 2.24) is 15.1 Å². The highest BCUT2D eigenvalue weighted by Crippen LogP contribution is 2.14. The van der Waals surface area contributed by atoms with Crippen LogP contribution in [0.2, 0.25) is 0 Å². The summed E-state index contributed by atoms with van der Waals surface area (Å²) in [5, 5.41) is 23.6. The van der Waals surface area contributed by atoms with E-state index in [1.54, 1.807) is 19.0 Å². The van der Waals surface area contributed by atoms with Gasteiger partial charge in [-0.15, -0.1) is 0 Å². The van der Waals surface area contributed by atoms with E-state index in [2.05, 4.69) is 15.0 Å². The van der Waals surface area contributed by atoms with Gasteiger partial charge in [-0.25, -0.2) is 24.1 Å². The second kappa shape index (κ2) is 13.2. The molecule has 0 heterocycles. The molecule has 38 heavy (non-hydrogen) atoms. The van der Waals surface area contributed by atoms with E-state index in [9.17, 15) is 39.4 Å². The van der Waals surface area contributed by atoms with Gasteiger partial charge in [0.05, 0.1) is 21.0 Å². The zero-order chi connectivity index (χ0) is 28.4. The summed E-state index contributed by atoms with van der Waals surface area (Å²) in [5.41, 5.74) is -0.845. The molecular formula is C22H22N6O10. The summed E-state index contributed by atoms with van der Waals surface area (Å²) in [7, 11) is 4.60. The number of non-ortho nitro benzene ring substituents is 2. The Morgan fingerprint density at radius 2 is 1.26 bits per heavy atom. The monoisotopic (exact) mass is 530 g/mol. The van der Waals surface area contributed by atoms with E-state index in [4.69, 9.17) is 4.74 Å². The number of carbonyl (C=O) groups is 4. The number of alkyl carbamates (subject to hydrolysis) is 1. The zero-order valence-electron chi connectivity index (χ0n) is 20.4. The highest BCUT2D eigenvalue weighted by molar-refractivity contribution is 6.07. The average Bonchev–Trinajstić information content (AvgIpc) is 2.87. The van der Waals surface area contributed by atoms with Gasteiger partial charge in [0.1, 0.15) is 0 Å². The summed E-state index contributed by atoms with van der Waals surface area (Å²) in [4.78, 5) is 76.2. The summed E-state index contributed by atoms with van der Waals surface area (Å²) in [5.74, 6) is -2.68. The molecule has 0 aliphatic rings. The summed E-state index contributed by atoms with van der Waals surface area (Å²) in [6, 6.07) is 8.61. The van der Waals surface area contributed by atoms with Crippen LogP contribution in [0.4, 0.5) is 21.0 Å². The molecule has 0 bridgehead atoms. The number of esters is 2. The Hall–Kier alpha value is -5.25. The molecule has 16 heteroatoms. The molecule has 0 unspecified atom stereocenters. The van der Waals surface area contributed by atoms with Crippen LogP contribution in [0.15, 0.2) is 53.5 Å². The minimum Gasteiger partial charge on any atom is -0.372 e. The quantitative estimate of drug-likeness (QED) is 0.137. The van der Waals surface area contributed by atoms with Gasteiger partial charge in [0.25, 0.3) is 11.4 Å². The molecule has 0 saturated heterocycles. The molecule has 0 fully saturated rings. The Bertz CT molecular complexity index is 1260. The first-order valence-corrected chi connectivity index (χ1v) is 10.6. The number of nitro groups is 2. The summed E-state index contributed by atoms with van der Waals surface area (Å²) >= 11 is 0. The largest absolute Gasteiger partial charge is 0.424 e. The molecule has 0 radical (unpaired) electrons. The van der Waals surface area contributed by atoms with E-state index < -0.39 is 39.9 Å². The lowest BCUT2D eigenvalue weighted by Gasteiger charge is -2.24. The molecule has 2 rings (SSSR count). The Labute approximate surface area is 214 Å². The summed E-state index contributed by atoms with van der Waals surface area (Å²) in [6.45, 7) is 0.112. The van der Waals surface area contributed by atoms with Gasteiger partial charge >= 0.3 is 24.1 Å². The van der Waals surface area contributed by atoms with Gasteiger partial charge < -0.3 is 14.4 Å². The van der Waals surface area contributed by atoms with E-state index in [1.807, 2.05) is 0 Å². The van der Waals surface area contributed by atoms with Crippen molar-refractivity contribution in [3.8, 4) is 0 Å². The van der Waals surface area contributed by atoms with Gasteiger partial charge in [-0.1, -0.05) is 0 Å². The minimum absolute atomic E-state index is 0.122. The number of carbonyl (C=O) groups excluding carboxylic acids is 4. The number of hydrogen-bond acceptors (Lipinski definition) is 12. The van der Waals surface area contributed by atoms with E-state index in [-0.39, 0.29) is 35.6 Å². The van der Waals surface area contributed by atoms with Crippen LogP contribution < -0.4 is 5.32 Å². The third-order valence-corrected chi connectivity index (χ3v) is 4.67. The number of nitro benzene ring substituents is 2. The Morgan fingerprint density at radius 1 is 0.816 bits per heavy atom. The summed E-state index contributed by atoms with van der Waals surface area (Å²) < 4.78 is 9.50. The number of nitrogens with one attached hydrogen (secondary N) is 1. The third kappa shape index (κ3) is 8.16. The Balaban J connectivity index is 2.12. The fourth-order valence-corrected chi connectivity index (χ4v) is 2.72. The maximum absolute atomic E-state index is 12.8. The molecule has 2 amide bonds. The number of benzene rings is 2. The van der Waals surface area contributed by atoms with Crippen LogP contribution in [-0.2, 0) is 9.47 Å². The molecule has 2 aromatic carbocycles. The van der Waals surface area contributed by atoms with E-state index in [0.29, 0.717) is 0 Å². The summed E-state index contributed by atoms with van der Waals surface area (Å²) in [6.07, 6.45) is -2.57. The first-order valence-electron chi connectivity index (χ1n) is 10.6. The van der Waals surface area contributed by atoms with Gasteiger partial charge in [-0.2, -0.15) is 0 Å². The van der Waals surface area contributed by atoms with Crippen molar-refractivity contribution in [2.24, 2.45) is 4.99 Å². The van der Waals surface area contributed by atoms with Crippen LogP contribution in [0.3, 0.4) is 0 Å². The van der Waals surface area contributed by atoms with E-state index in [0.717, 1.165) is 53.4 Å². The lowest BCUT2D eigenvalue weighted by atomic mass is 10.2. The second-order valence-corrected chi connectivity index (χ2v) is 7.57. The van der Waals surface area contributed by atoms with Crippen molar-refractivity contribution in [3.63, 3.8) is 0 Å². The highest BCUT2D eigenvalue weighted by atomic mass is 16.6. The number of nitrogens with zero attached hydrogens (tertiary/aromatic N) is 5. The Kier molecular flexibility index (Phi) is 10.0. The molecule has 0 spiro atoms. The number of hydrogen-bond donors (Lipinski definition) is 1. The van der Waals surface area contributed by atoms with Gasteiger partial charge in [0.15, 0.2) is 0 Å². The van der Waals surface area contributed by atoms with E-state index in [1.165, 1.54) is 7.05 Å². The standard InChI is InChI=1S/C22H22N6O10/c1-23-20(24-21(31)37-18(29)14-4-8-16(9-5-14)27(33)34)26(13-12-25(2)3)22(32)38-19(30)15-6-10-17(11-7-15)28(35)36/h4-11H,12-13H2,1-3H3,(H,23,24,31). The molecule has 0 aliphatic heterocycles. The maximum Gasteiger partial charge on any atom is 0.424 e. The fourth-order valence-electron chi connectivity index (χ4n) is 2.72. The van der Waals surface area contributed by atoms with Crippen LogP contribution in [-0.4, -0.2) is 84.0 Å². The fraction of sp³-hybridized carbons (Fsp3) is 0.227. The second-order valence-electron chi connectivity index (χ2n) is 7.57. The normalized spacial score (nSPS) is 10.9. The molecule has 1 N–H and O–H groups in total. The number of rotatable bonds is 7. The number of amides is 2. The Morgan fingerprint density at radius 3 is 1.66 bits per heavy atom. The van der Waals surface area contributed by atoms with Gasteiger partial charge in [-0.05, 0) is 38.4 Å². The lowest BCUT2D eigenvalue weighted by molar-refractivity contribution is -0.385. The lowest BCUT2D eigenvalue weighted by Crippen LogP contribution is -2.50. The third-order valence-electron chi connectivity index (χ3n) is 4.67. The zero-order valence-corrected chi connectivity index (χ0v) is 20.4. The molecule has 0 aliphatic carbocycles. The maximum atomic E-state index is 12.8. The molecule has 2 aromatic rings. The minimum atomic E-state index is -1.33. The number of aliphatic imine (C=N–C) groups is 1. The van der Waals surface area contributed by atoms with Crippen LogP contribution in [0.1, 0.15) is 20.7 Å². The topological polar surface area (TPSA) is 204 Å². The highest BCUT2D eigenvalue weighted by Gasteiger charge is 2.27. The van der Waals surface area contributed by atoms with Crippen molar-refractivity contribution in [2.45, 2.75) is 0 Å². The molecule has 16 nitrogen and oxygen atoms in total. The van der Waals surface area contributed by atoms with Gasteiger partial charge in [0, 0.05) is 44.4 Å². The van der Waals surface area contributed by atoms with Crippen LogP contribution >= 0.6 is 0 Å². The molecule has 0 saturated carbocycles. The molecule has 0 atom stereocenters. The predicted molar refractivity (Wildman–Crippen MR) is 130 cm³/mol. The number of guanidine groups is 1. The SMILES string of the molecule is CN=C(NC(=O)OC(=O)c1ccc([N+](=O)[O-])cc1)N(CCN(C)C)C(=O)OC(=O)c1ccc([N+](=O)[O-])cc1. The van der Waals surface area contributed by atoms with Gasteiger partial charge in [0.2, 0.25) is 5.96 Å². The molecular weight excluding hydrogens is 508 g/mol. The van der Waals surface area contributed by atoms with E-state index >= 15 is 0 Å². The van der Waals surface area contributed by atoms with Crippen molar-refractivity contribution in [3.05, 3.63) is 79.9 Å². The van der Waals surface area contributed by atoms with Crippen LogP contribution in [0.5, 0.6) is 0 Å². The van der Waals surface area contributed by atoms with Crippen LogP contribution in [0.25, 0.3) is 0 Å². The van der Waals surface area contributed by atoms with Crippen molar-refractivity contribution in [1.29, 1.82) is 0 Å². The van der Waals surface area contributed by atoms with Gasteiger partial charge in [-0.3, -0.25) is 30.5 Å². The van der Waals surface area contributed by atoms with Crippen molar-refractivity contribution < 1.29 is 38.5 Å². The number of ether oxygens (including phenoxy) is 2. The average molecular weight is 530 g/mol. The van der Waals surface area contributed by atoms with Crippen molar-refractivity contribution >= 4 is 41.5 Å². The molecule has 200 valence electrons.